The number of thiol groups is 4. The monoisotopic (exact) mass is 424 g/mol. The molecule has 0 radical (unpaired) electrons. The van der Waals surface area contributed by atoms with Gasteiger partial charge in [0.05, 0.1) is 0 Å². The summed E-state index contributed by atoms with van der Waals surface area (Å²) in [6, 6.07) is 0. The second kappa shape index (κ2) is 10.0. The standard InChI is InChI=1S/C22H32S4/c1-5-9-13-14(10-6-2)16(12-8-4)17(15(13)11-7-3)18-19(23)21(25)22(26)20(18)24/h23-26H,5-12H2,1-4H3. The largest absolute Gasteiger partial charge is 0.142 e. The molecule has 0 aliphatic heterocycles. The lowest BCUT2D eigenvalue weighted by atomic mass is 9.91. The van der Waals surface area contributed by atoms with E-state index in [0.717, 1.165) is 63.7 Å². The average Bonchev–Trinajstić information content (AvgIpc) is 2.98. The first kappa shape index (κ1) is 22.4. The molecule has 4 heteroatoms. The predicted octanol–water partition coefficient (Wildman–Crippen LogP) is 8.25. The van der Waals surface area contributed by atoms with Crippen molar-refractivity contribution in [3.05, 3.63) is 53.1 Å². The molecular weight excluding hydrogens is 393 g/mol. The Bertz CT molecular complexity index is 669. The van der Waals surface area contributed by atoms with Crippen LogP contribution >= 0.6 is 50.5 Å². The van der Waals surface area contributed by atoms with E-state index in [1.54, 1.807) is 11.1 Å². The lowest BCUT2D eigenvalue weighted by Crippen LogP contribution is -1.98. The van der Waals surface area contributed by atoms with Crippen molar-refractivity contribution in [1.82, 2.24) is 0 Å². The summed E-state index contributed by atoms with van der Waals surface area (Å²) >= 11 is 18.9. The number of rotatable bonds is 8. The molecule has 0 saturated carbocycles. The molecule has 0 fully saturated rings. The Kier molecular flexibility index (Phi) is 8.65. The Labute approximate surface area is 182 Å². The van der Waals surface area contributed by atoms with Gasteiger partial charge in [-0.1, -0.05) is 53.4 Å². The van der Waals surface area contributed by atoms with E-state index in [1.165, 1.54) is 29.6 Å². The maximum atomic E-state index is 4.82. The predicted molar refractivity (Wildman–Crippen MR) is 131 cm³/mol. The minimum Gasteiger partial charge on any atom is -0.142 e. The maximum Gasteiger partial charge on any atom is 0.0326 e. The first-order chi connectivity index (χ1) is 12.4. The number of hydrogen-bond donors (Lipinski definition) is 4. The molecule has 0 N–H and O–H groups in total. The van der Waals surface area contributed by atoms with Gasteiger partial charge in [0.1, 0.15) is 0 Å². The molecule has 0 aromatic heterocycles. The van der Waals surface area contributed by atoms with Crippen molar-refractivity contribution in [2.24, 2.45) is 0 Å². The zero-order valence-electron chi connectivity index (χ0n) is 16.4. The molecule has 0 nitrogen and oxygen atoms in total. The second-order valence-corrected chi connectivity index (χ2v) is 8.85. The fraction of sp³-hybridized carbons (Fsp3) is 0.545. The lowest BCUT2D eigenvalue weighted by molar-refractivity contribution is 0.825. The molecule has 0 spiro atoms. The van der Waals surface area contributed by atoms with Crippen LogP contribution in [-0.2, 0) is 0 Å². The van der Waals surface area contributed by atoms with E-state index >= 15 is 0 Å². The van der Waals surface area contributed by atoms with E-state index in [2.05, 4.69) is 53.0 Å². The fourth-order valence-electron chi connectivity index (χ4n) is 4.12. The lowest BCUT2D eigenvalue weighted by Gasteiger charge is -2.16. The quantitative estimate of drug-likeness (QED) is 0.277. The van der Waals surface area contributed by atoms with E-state index < -0.39 is 0 Å². The number of hydrogen-bond acceptors (Lipinski definition) is 4. The summed E-state index contributed by atoms with van der Waals surface area (Å²) in [6.07, 6.45) is 9.20. The van der Waals surface area contributed by atoms with Gasteiger partial charge in [0.15, 0.2) is 0 Å². The van der Waals surface area contributed by atoms with Gasteiger partial charge >= 0.3 is 0 Å². The molecule has 0 saturated heterocycles. The molecule has 26 heavy (non-hydrogen) atoms. The SMILES string of the molecule is CCCC1=C(CCC)C(=C2C(S)=C(S)C(S)=C2S)C(CCC)=C1CCC. The van der Waals surface area contributed by atoms with Crippen LogP contribution < -0.4 is 0 Å². The molecule has 2 aliphatic carbocycles. The van der Waals surface area contributed by atoms with Crippen molar-refractivity contribution >= 4 is 50.5 Å². The molecule has 0 unspecified atom stereocenters. The highest BCUT2D eigenvalue weighted by atomic mass is 32.1. The van der Waals surface area contributed by atoms with E-state index in [1.807, 2.05) is 0 Å². The van der Waals surface area contributed by atoms with Gasteiger partial charge in [-0.15, -0.1) is 50.5 Å². The number of allylic oxidation sites excluding steroid dienone is 7. The molecule has 0 heterocycles. The third kappa shape index (κ3) is 4.09. The Morgan fingerprint density at radius 1 is 0.423 bits per heavy atom. The van der Waals surface area contributed by atoms with E-state index in [-0.39, 0.29) is 0 Å². The fourth-order valence-corrected chi connectivity index (χ4v) is 5.50. The molecule has 0 bridgehead atoms. The topological polar surface area (TPSA) is 0 Å². The second-order valence-electron chi connectivity index (χ2n) is 7.06. The zero-order valence-corrected chi connectivity index (χ0v) is 20.0. The van der Waals surface area contributed by atoms with Crippen molar-refractivity contribution in [1.29, 1.82) is 0 Å². The van der Waals surface area contributed by atoms with Gasteiger partial charge in [-0.05, 0) is 53.5 Å². The molecular formula is C22H32S4. The van der Waals surface area contributed by atoms with Crippen LogP contribution in [0.3, 0.4) is 0 Å². The first-order valence-electron chi connectivity index (χ1n) is 9.89. The van der Waals surface area contributed by atoms with Crippen molar-refractivity contribution in [3.8, 4) is 0 Å². The van der Waals surface area contributed by atoms with Crippen LogP contribution in [0.4, 0.5) is 0 Å². The highest BCUT2D eigenvalue weighted by molar-refractivity contribution is 7.94. The molecule has 2 rings (SSSR count). The molecule has 0 amide bonds. The normalized spacial score (nSPS) is 18.5. The minimum atomic E-state index is 0.844. The smallest absolute Gasteiger partial charge is 0.0326 e. The maximum absolute atomic E-state index is 4.82. The van der Waals surface area contributed by atoms with Crippen LogP contribution in [0.2, 0.25) is 0 Å². The Balaban J connectivity index is 2.84. The van der Waals surface area contributed by atoms with Crippen molar-refractivity contribution < 1.29 is 0 Å². The van der Waals surface area contributed by atoms with Crippen LogP contribution in [0.5, 0.6) is 0 Å². The summed E-state index contributed by atoms with van der Waals surface area (Å²) in [5.41, 5.74) is 8.79. The zero-order chi connectivity index (χ0) is 19.4. The van der Waals surface area contributed by atoms with Crippen LogP contribution in [0.15, 0.2) is 53.1 Å². The van der Waals surface area contributed by atoms with Crippen LogP contribution in [-0.4, -0.2) is 0 Å². The summed E-state index contributed by atoms with van der Waals surface area (Å²) in [5, 5.41) is 0. The summed E-state index contributed by atoms with van der Waals surface area (Å²) < 4.78 is 0. The van der Waals surface area contributed by atoms with Gasteiger partial charge in [0, 0.05) is 25.2 Å². The van der Waals surface area contributed by atoms with E-state index in [4.69, 9.17) is 25.3 Å². The highest BCUT2D eigenvalue weighted by Crippen LogP contribution is 2.53. The van der Waals surface area contributed by atoms with Gasteiger partial charge in [0.2, 0.25) is 0 Å². The third-order valence-electron chi connectivity index (χ3n) is 5.09. The molecule has 0 atom stereocenters. The van der Waals surface area contributed by atoms with Gasteiger partial charge in [-0.2, -0.15) is 0 Å². The van der Waals surface area contributed by atoms with Crippen LogP contribution in [0, 0.1) is 0 Å². The van der Waals surface area contributed by atoms with Crippen molar-refractivity contribution in [2.45, 2.75) is 79.1 Å². The van der Waals surface area contributed by atoms with Crippen molar-refractivity contribution in [3.63, 3.8) is 0 Å². The summed E-state index contributed by atoms with van der Waals surface area (Å²) in [5.74, 6) is 0. The summed E-state index contributed by atoms with van der Waals surface area (Å²) in [6.45, 7) is 9.11. The molecule has 0 aromatic carbocycles. The van der Waals surface area contributed by atoms with Gasteiger partial charge in [-0.25, -0.2) is 0 Å². The highest BCUT2D eigenvalue weighted by Gasteiger charge is 2.33. The van der Waals surface area contributed by atoms with E-state index in [0.29, 0.717) is 0 Å². The molecule has 0 aromatic rings. The van der Waals surface area contributed by atoms with Gasteiger partial charge in [-0.3, -0.25) is 0 Å². The van der Waals surface area contributed by atoms with Crippen molar-refractivity contribution in [2.75, 3.05) is 0 Å². The Morgan fingerprint density at radius 2 is 0.731 bits per heavy atom. The molecule has 2 aliphatic rings. The van der Waals surface area contributed by atoms with Crippen LogP contribution in [0.1, 0.15) is 79.1 Å². The third-order valence-corrected chi connectivity index (χ3v) is 7.41. The Hall–Kier alpha value is 0.1000. The van der Waals surface area contributed by atoms with Crippen LogP contribution in [0.25, 0.3) is 0 Å². The summed E-state index contributed by atoms with van der Waals surface area (Å²) in [4.78, 5) is 3.54. The van der Waals surface area contributed by atoms with Gasteiger partial charge in [0.25, 0.3) is 0 Å². The average molecular weight is 425 g/mol. The van der Waals surface area contributed by atoms with Gasteiger partial charge < -0.3 is 0 Å². The molecule has 144 valence electrons. The summed E-state index contributed by atoms with van der Waals surface area (Å²) in [7, 11) is 0. The Morgan fingerprint density at radius 3 is 1.04 bits per heavy atom. The minimum absolute atomic E-state index is 0.844. The first-order valence-corrected chi connectivity index (χ1v) is 11.7. The van der Waals surface area contributed by atoms with E-state index in [9.17, 15) is 0 Å².